The molecular weight excluding hydrogens is 311 g/mol. The van der Waals surface area contributed by atoms with Crippen molar-refractivity contribution in [3.05, 3.63) is 35.5 Å². The van der Waals surface area contributed by atoms with Gasteiger partial charge in [-0.3, -0.25) is 0 Å². The Bertz CT molecular complexity index is 714. The van der Waals surface area contributed by atoms with Crippen LogP contribution in [0, 0.1) is 5.82 Å². The molecule has 0 atom stereocenters. The van der Waals surface area contributed by atoms with Crippen LogP contribution < -0.4 is 14.4 Å². The van der Waals surface area contributed by atoms with E-state index < -0.39 is 12.1 Å². The molecule has 0 radical (unpaired) electrons. The molecule has 0 amide bonds. The average molecular weight is 318 g/mol. The van der Waals surface area contributed by atoms with E-state index in [1.54, 1.807) is 0 Å². The number of fused-ring (bicyclic) bond motifs is 1. The highest BCUT2D eigenvalue weighted by Crippen LogP contribution is 2.43. The molecule has 21 heavy (non-hydrogen) atoms. The lowest BCUT2D eigenvalue weighted by Gasteiger charge is -2.18. The van der Waals surface area contributed by atoms with E-state index in [0.29, 0.717) is 5.69 Å². The number of aromatic nitrogens is 2. The van der Waals surface area contributed by atoms with Gasteiger partial charge in [-0.25, -0.2) is 9.37 Å². The Morgan fingerprint density at radius 2 is 1.95 bits per heavy atom. The van der Waals surface area contributed by atoms with Crippen molar-refractivity contribution in [3.63, 3.8) is 0 Å². The molecule has 0 N–H and O–H groups in total. The molecular formula is C12H7ClF3N3O2. The SMILES string of the molecule is CN(c1ccc2c(c1)OC(F)(F)O2)c1nc(Cl)ncc1F. The highest BCUT2D eigenvalue weighted by atomic mass is 35.5. The quantitative estimate of drug-likeness (QED) is 0.795. The van der Waals surface area contributed by atoms with Gasteiger partial charge in [0.15, 0.2) is 23.1 Å². The summed E-state index contributed by atoms with van der Waals surface area (Å²) in [6.45, 7) is 0. The van der Waals surface area contributed by atoms with E-state index in [0.717, 1.165) is 6.20 Å². The number of ether oxygens (including phenoxy) is 2. The summed E-state index contributed by atoms with van der Waals surface area (Å²) in [6, 6.07) is 4.04. The van der Waals surface area contributed by atoms with Crippen molar-refractivity contribution >= 4 is 23.1 Å². The first kappa shape index (κ1) is 13.7. The molecule has 1 aromatic heterocycles. The summed E-state index contributed by atoms with van der Waals surface area (Å²) >= 11 is 5.62. The zero-order valence-corrected chi connectivity index (χ0v) is 11.2. The Labute approximate surface area is 121 Å². The summed E-state index contributed by atoms with van der Waals surface area (Å²) < 4.78 is 48.2. The van der Waals surface area contributed by atoms with Crippen LogP contribution in [0.1, 0.15) is 0 Å². The molecule has 0 saturated carbocycles. The van der Waals surface area contributed by atoms with Crippen molar-refractivity contribution in [1.82, 2.24) is 9.97 Å². The van der Waals surface area contributed by atoms with Gasteiger partial charge in [0.05, 0.1) is 6.20 Å². The number of halogens is 4. The number of hydrogen-bond acceptors (Lipinski definition) is 5. The van der Waals surface area contributed by atoms with Crippen molar-refractivity contribution < 1.29 is 22.6 Å². The van der Waals surface area contributed by atoms with Crippen molar-refractivity contribution in [2.75, 3.05) is 11.9 Å². The molecule has 1 aromatic carbocycles. The molecule has 3 rings (SSSR count). The van der Waals surface area contributed by atoms with Gasteiger partial charge in [-0.15, -0.1) is 8.78 Å². The minimum atomic E-state index is -3.71. The first-order chi connectivity index (χ1) is 9.85. The van der Waals surface area contributed by atoms with E-state index in [-0.39, 0.29) is 22.6 Å². The predicted molar refractivity (Wildman–Crippen MR) is 67.7 cm³/mol. The molecule has 0 fully saturated rings. The van der Waals surface area contributed by atoms with Crippen LogP contribution >= 0.6 is 11.6 Å². The Balaban J connectivity index is 1.97. The van der Waals surface area contributed by atoms with Crippen LogP contribution in [0.15, 0.2) is 24.4 Å². The normalized spacial score (nSPS) is 15.1. The van der Waals surface area contributed by atoms with Gasteiger partial charge in [0.1, 0.15) is 0 Å². The zero-order valence-electron chi connectivity index (χ0n) is 10.5. The fourth-order valence-corrected chi connectivity index (χ4v) is 1.97. The van der Waals surface area contributed by atoms with Gasteiger partial charge in [0.25, 0.3) is 0 Å². The number of anilines is 2. The second kappa shape index (κ2) is 4.66. The standard InChI is InChI=1S/C12H7ClF3N3O2/c1-19(10-7(14)5-17-11(13)18-10)6-2-3-8-9(4-6)21-12(15,16)20-8/h2-5H,1H3. The maximum Gasteiger partial charge on any atom is 0.586 e. The minimum absolute atomic E-state index is 0.0966. The summed E-state index contributed by atoms with van der Waals surface area (Å²) in [6.07, 6.45) is -2.79. The van der Waals surface area contributed by atoms with Crippen molar-refractivity contribution in [3.8, 4) is 11.5 Å². The third kappa shape index (κ3) is 2.54. The van der Waals surface area contributed by atoms with Crippen LogP contribution in [-0.4, -0.2) is 23.3 Å². The Kier molecular flexibility index (Phi) is 3.05. The molecule has 2 heterocycles. The predicted octanol–water partition coefficient (Wildman–Crippen LogP) is 3.36. The maximum absolute atomic E-state index is 13.7. The van der Waals surface area contributed by atoms with Gasteiger partial charge in [-0.2, -0.15) is 4.98 Å². The Morgan fingerprint density at radius 1 is 1.24 bits per heavy atom. The molecule has 0 bridgehead atoms. The summed E-state index contributed by atoms with van der Waals surface area (Å²) in [7, 11) is 1.50. The fraction of sp³-hybridized carbons (Fsp3) is 0.167. The monoisotopic (exact) mass is 317 g/mol. The largest absolute Gasteiger partial charge is 0.586 e. The zero-order chi connectivity index (χ0) is 15.2. The average Bonchev–Trinajstić information content (AvgIpc) is 2.73. The molecule has 110 valence electrons. The number of nitrogens with zero attached hydrogens (tertiary/aromatic N) is 3. The first-order valence-corrected chi connectivity index (χ1v) is 6.05. The summed E-state index contributed by atoms with van der Waals surface area (Å²) in [5.41, 5.74) is 0.365. The third-order valence-corrected chi connectivity index (χ3v) is 2.97. The van der Waals surface area contributed by atoms with E-state index in [2.05, 4.69) is 19.4 Å². The molecule has 0 spiro atoms. The van der Waals surface area contributed by atoms with E-state index >= 15 is 0 Å². The van der Waals surface area contributed by atoms with E-state index in [4.69, 9.17) is 11.6 Å². The molecule has 0 unspecified atom stereocenters. The molecule has 1 aliphatic rings. The van der Waals surface area contributed by atoms with Gasteiger partial charge < -0.3 is 14.4 Å². The molecule has 1 aliphatic heterocycles. The molecule has 9 heteroatoms. The lowest BCUT2D eigenvalue weighted by molar-refractivity contribution is -0.286. The van der Waals surface area contributed by atoms with Gasteiger partial charge in [-0.1, -0.05) is 0 Å². The van der Waals surface area contributed by atoms with Crippen LogP contribution in [0.3, 0.4) is 0 Å². The number of rotatable bonds is 2. The van der Waals surface area contributed by atoms with Gasteiger partial charge in [0.2, 0.25) is 5.28 Å². The van der Waals surface area contributed by atoms with Crippen molar-refractivity contribution in [1.29, 1.82) is 0 Å². The lowest BCUT2D eigenvalue weighted by atomic mass is 10.2. The number of alkyl halides is 2. The highest BCUT2D eigenvalue weighted by Gasteiger charge is 2.43. The Morgan fingerprint density at radius 3 is 2.71 bits per heavy atom. The molecule has 0 saturated heterocycles. The van der Waals surface area contributed by atoms with Gasteiger partial charge in [0, 0.05) is 18.8 Å². The van der Waals surface area contributed by atoms with Crippen molar-refractivity contribution in [2.24, 2.45) is 0 Å². The van der Waals surface area contributed by atoms with E-state index in [1.165, 1.54) is 30.1 Å². The molecule has 5 nitrogen and oxygen atoms in total. The number of benzene rings is 1. The van der Waals surface area contributed by atoms with Crippen molar-refractivity contribution in [2.45, 2.75) is 6.29 Å². The van der Waals surface area contributed by atoms with Crippen LogP contribution in [-0.2, 0) is 0 Å². The second-order valence-corrected chi connectivity index (χ2v) is 4.51. The van der Waals surface area contributed by atoms with E-state index in [9.17, 15) is 13.2 Å². The maximum atomic E-state index is 13.7. The first-order valence-electron chi connectivity index (χ1n) is 5.67. The summed E-state index contributed by atoms with van der Waals surface area (Å²) in [5.74, 6) is -1.05. The summed E-state index contributed by atoms with van der Waals surface area (Å²) in [5, 5.41) is -0.134. The smallest absolute Gasteiger partial charge is 0.395 e. The van der Waals surface area contributed by atoms with E-state index in [1.807, 2.05) is 0 Å². The fourth-order valence-electron chi connectivity index (χ4n) is 1.84. The lowest BCUT2D eigenvalue weighted by Crippen LogP contribution is -2.25. The molecule has 2 aromatic rings. The van der Waals surface area contributed by atoms with Crippen LogP contribution in [0.2, 0.25) is 5.28 Å². The topological polar surface area (TPSA) is 47.5 Å². The third-order valence-electron chi connectivity index (χ3n) is 2.79. The number of hydrogen-bond donors (Lipinski definition) is 0. The van der Waals surface area contributed by atoms with Crippen LogP contribution in [0.4, 0.5) is 24.7 Å². The van der Waals surface area contributed by atoms with Crippen LogP contribution in [0.25, 0.3) is 0 Å². The van der Waals surface area contributed by atoms with Gasteiger partial charge >= 0.3 is 6.29 Å². The van der Waals surface area contributed by atoms with Crippen LogP contribution in [0.5, 0.6) is 11.5 Å². The van der Waals surface area contributed by atoms with Gasteiger partial charge in [-0.05, 0) is 23.7 Å². The molecule has 0 aliphatic carbocycles. The second-order valence-electron chi connectivity index (χ2n) is 4.17. The minimum Gasteiger partial charge on any atom is -0.395 e. The highest BCUT2D eigenvalue weighted by molar-refractivity contribution is 6.28. The Hall–Kier alpha value is -2.22. The summed E-state index contributed by atoms with van der Waals surface area (Å²) in [4.78, 5) is 8.58.